The summed E-state index contributed by atoms with van der Waals surface area (Å²) in [6.45, 7) is 2.42. The molecule has 0 radical (unpaired) electrons. The van der Waals surface area contributed by atoms with Crippen LogP contribution in [0.15, 0.2) is 88.5 Å². The summed E-state index contributed by atoms with van der Waals surface area (Å²) in [5.41, 5.74) is 0.490. The normalized spacial score (nSPS) is 14.6. The quantitative estimate of drug-likeness (QED) is 0.351. The third-order valence-corrected chi connectivity index (χ3v) is 6.79. The lowest BCUT2D eigenvalue weighted by atomic mass is 9.93. The minimum Gasteiger partial charge on any atom is -0.457 e. The van der Waals surface area contributed by atoms with Gasteiger partial charge in [-0.15, -0.1) is 0 Å². The molecule has 0 aromatic heterocycles. The molecular formula is C29H25ClN2O4. The van der Waals surface area contributed by atoms with Gasteiger partial charge < -0.3 is 10.1 Å². The Bertz CT molecular complexity index is 1440. The Balaban J connectivity index is 1.30. The molecule has 0 unspecified atom stereocenters. The van der Waals surface area contributed by atoms with Gasteiger partial charge in [0.15, 0.2) is 0 Å². The van der Waals surface area contributed by atoms with Crippen molar-refractivity contribution in [3.63, 3.8) is 0 Å². The topological polar surface area (TPSA) is 75.7 Å². The van der Waals surface area contributed by atoms with Crippen LogP contribution in [0, 0.1) is 5.92 Å². The molecule has 0 saturated carbocycles. The molecule has 4 aromatic carbocycles. The Morgan fingerprint density at radius 2 is 1.58 bits per heavy atom. The number of hydrogen-bond acceptors (Lipinski definition) is 5. The SMILES string of the molecule is O=C(Nc1c(-c2ccc(Cl)cc2Oc2ccccc2)c(=O)c1=O)C1CCN(Cc2ccccc2)CC1. The number of nitrogens with zero attached hydrogens (tertiary/aromatic N) is 1. The summed E-state index contributed by atoms with van der Waals surface area (Å²) in [5, 5.41) is 3.18. The number of halogens is 1. The number of amides is 1. The van der Waals surface area contributed by atoms with E-state index in [1.54, 1.807) is 30.3 Å². The van der Waals surface area contributed by atoms with Gasteiger partial charge in [-0.25, -0.2) is 0 Å². The first-order chi connectivity index (χ1) is 17.5. The number of anilines is 1. The van der Waals surface area contributed by atoms with Gasteiger partial charge in [-0.2, -0.15) is 0 Å². The van der Waals surface area contributed by atoms with Gasteiger partial charge in [0.1, 0.15) is 17.2 Å². The molecule has 0 atom stereocenters. The number of ether oxygens (including phenoxy) is 1. The van der Waals surface area contributed by atoms with Crippen molar-refractivity contribution in [2.24, 2.45) is 5.92 Å². The van der Waals surface area contributed by atoms with Crippen molar-refractivity contribution in [1.82, 2.24) is 4.90 Å². The molecule has 1 saturated heterocycles. The smallest absolute Gasteiger partial charge is 0.250 e. The molecule has 6 nitrogen and oxygen atoms in total. The van der Waals surface area contributed by atoms with E-state index in [0.29, 0.717) is 34.9 Å². The highest BCUT2D eigenvalue weighted by Crippen LogP contribution is 2.37. The summed E-state index contributed by atoms with van der Waals surface area (Å²) in [6, 6.07) is 24.2. The number of likely N-dealkylation sites (tertiary alicyclic amines) is 1. The maximum absolute atomic E-state index is 13.0. The summed E-state index contributed by atoms with van der Waals surface area (Å²) >= 11 is 6.18. The van der Waals surface area contributed by atoms with E-state index < -0.39 is 10.9 Å². The molecule has 4 aromatic rings. The maximum Gasteiger partial charge on any atom is 0.250 e. The van der Waals surface area contributed by atoms with Crippen LogP contribution >= 0.6 is 11.6 Å². The number of benzene rings is 3. The van der Waals surface area contributed by atoms with Crippen molar-refractivity contribution in [2.45, 2.75) is 19.4 Å². The molecule has 1 aliphatic heterocycles. The van der Waals surface area contributed by atoms with Crippen LogP contribution in [0.1, 0.15) is 18.4 Å². The van der Waals surface area contributed by atoms with Crippen molar-refractivity contribution < 1.29 is 9.53 Å². The van der Waals surface area contributed by atoms with Gasteiger partial charge in [-0.3, -0.25) is 19.3 Å². The zero-order chi connectivity index (χ0) is 25.1. The van der Waals surface area contributed by atoms with E-state index in [1.807, 2.05) is 36.4 Å². The Morgan fingerprint density at radius 1 is 0.917 bits per heavy atom. The van der Waals surface area contributed by atoms with Crippen LogP contribution < -0.4 is 20.9 Å². The molecule has 1 heterocycles. The summed E-state index contributed by atoms with van der Waals surface area (Å²) in [6.07, 6.45) is 1.37. The van der Waals surface area contributed by atoms with E-state index in [9.17, 15) is 14.4 Å². The van der Waals surface area contributed by atoms with Crippen molar-refractivity contribution in [3.05, 3.63) is 110 Å². The molecule has 0 spiro atoms. The van der Waals surface area contributed by atoms with Gasteiger partial charge in [0.05, 0.1) is 5.56 Å². The highest BCUT2D eigenvalue weighted by Gasteiger charge is 2.30. The first kappa shape index (κ1) is 24.0. The van der Waals surface area contributed by atoms with E-state index >= 15 is 0 Å². The number of carbonyl (C=O) groups is 1. The number of rotatable bonds is 7. The number of piperidine rings is 1. The third kappa shape index (κ3) is 5.10. The van der Waals surface area contributed by atoms with Crippen LogP contribution in [-0.4, -0.2) is 23.9 Å². The second kappa shape index (κ2) is 10.5. The van der Waals surface area contributed by atoms with Crippen LogP contribution in [0.4, 0.5) is 5.69 Å². The largest absolute Gasteiger partial charge is 0.457 e. The van der Waals surface area contributed by atoms with Gasteiger partial charge in [-0.1, -0.05) is 60.1 Å². The zero-order valence-electron chi connectivity index (χ0n) is 19.6. The average molecular weight is 501 g/mol. The first-order valence-electron chi connectivity index (χ1n) is 11.9. The Hall–Kier alpha value is -3.74. The Labute approximate surface area is 213 Å². The first-order valence-corrected chi connectivity index (χ1v) is 12.3. The van der Waals surface area contributed by atoms with Gasteiger partial charge in [0.2, 0.25) is 11.3 Å². The van der Waals surface area contributed by atoms with Gasteiger partial charge >= 0.3 is 0 Å². The second-order valence-corrected chi connectivity index (χ2v) is 9.43. The fraction of sp³-hybridized carbons (Fsp3) is 0.207. The van der Waals surface area contributed by atoms with Crippen molar-refractivity contribution >= 4 is 23.2 Å². The lowest BCUT2D eigenvalue weighted by Crippen LogP contribution is -2.41. The molecule has 1 fully saturated rings. The maximum atomic E-state index is 13.0. The molecule has 1 aliphatic rings. The van der Waals surface area contributed by atoms with E-state index in [1.165, 1.54) is 5.56 Å². The molecule has 7 heteroatoms. The number of para-hydroxylation sites is 1. The molecule has 182 valence electrons. The van der Waals surface area contributed by atoms with Crippen LogP contribution in [-0.2, 0) is 11.3 Å². The highest BCUT2D eigenvalue weighted by atomic mass is 35.5. The van der Waals surface area contributed by atoms with Crippen molar-refractivity contribution in [1.29, 1.82) is 0 Å². The van der Waals surface area contributed by atoms with Crippen molar-refractivity contribution in [3.8, 4) is 22.6 Å². The second-order valence-electron chi connectivity index (χ2n) is 8.99. The van der Waals surface area contributed by atoms with Gasteiger partial charge in [-0.05, 0) is 55.8 Å². The summed E-state index contributed by atoms with van der Waals surface area (Å²) in [4.78, 5) is 40.4. The fourth-order valence-electron chi connectivity index (χ4n) is 4.59. The lowest BCUT2D eigenvalue weighted by Gasteiger charge is -2.31. The molecular weight excluding hydrogens is 476 g/mol. The minimum atomic E-state index is -0.694. The molecule has 5 rings (SSSR count). The zero-order valence-corrected chi connectivity index (χ0v) is 20.3. The minimum absolute atomic E-state index is 0.0250. The highest BCUT2D eigenvalue weighted by molar-refractivity contribution is 6.30. The summed E-state index contributed by atoms with van der Waals surface area (Å²) in [7, 11) is 0. The summed E-state index contributed by atoms with van der Waals surface area (Å²) < 4.78 is 5.96. The Morgan fingerprint density at radius 3 is 2.28 bits per heavy atom. The molecule has 0 bridgehead atoms. The summed E-state index contributed by atoms with van der Waals surface area (Å²) in [5.74, 6) is 0.444. The average Bonchev–Trinajstić information content (AvgIpc) is 2.91. The lowest BCUT2D eigenvalue weighted by molar-refractivity contribution is -0.121. The van der Waals surface area contributed by atoms with E-state index in [-0.39, 0.29) is 23.1 Å². The predicted octanol–water partition coefficient (Wildman–Crippen LogP) is 5.25. The fourth-order valence-corrected chi connectivity index (χ4v) is 4.75. The van der Waals surface area contributed by atoms with Gasteiger partial charge in [0, 0.05) is 29.1 Å². The number of nitrogens with one attached hydrogen (secondary N) is 1. The van der Waals surface area contributed by atoms with E-state index in [0.717, 1.165) is 19.6 Å². The van der Waals surface area contributed by atoms with Crippen molar-refractivity contribution in [2.75, 3.05) is 18.4 Å². The van der Waals surface area contributed by atoms with Crippen LogP contribution in [0.25, 0.3) is 11.1 Å². The van der Waals surface area contributed by atoms with E-state index in [2.05, 4.69) is 22.3 Å². The van der Waals surface area contributed by atoms with Gasteiger partial charge in [0.25, 0.3) is 5.43 Å². The molecule has 36 heavy (non-hydrogen) atoms. The van der Waals surface area contributed by atoms with E-state index in [4.69, 9.17) is 16.3 Å². The van der Waals surface area contributed by atoms with Crippen LogP contribution in [0.5, 0.6) is 11.5 Å². The standard InChI is InChI=1S/C29H25ClN2O4/c30-21-11-12-23(24(17-21)36-22-9-5-2-6-10-22)25-26(28(34)27(25)33)31-29(35)20-13-15-32(16-14-20)18-19-7-3-1-4-8-19/h1-12,17,20H,13-16,18H2,(H,31,35). The monoisotopic (exact) mass is 500 g/mol. The third-order valence-electron chi connectivity index (χ3n) is 6.55. The van der Waals surface area contributed by atoms with Crippen LogP contribution in [0.3, 0.4) is 0 Å². The van der Waals surface area contributed by atoms with Crippen LogP contribution in [0.2, 0.25) is 5.02 Å². The number of hydrogen-bond donors (Lipinski definition) is 1. The predicted molar refractivity (Wildman–Crippen MR) is 141 cm³/mol. The molecule has 1 N–H and O–H groups in total. The molecule has 0 aliphatic carbocycles. The molecule has 1 amide bonds. The number of carbonyl (C=O) groups excluding carboxylic acids is 1. The Kier molecular flexibility index (Phi) is 6.98.